The molecule has 168 valence electrons. The maximum Gasteiger partial charge on any atom is 0.159 e. The van der Waals surface area contributed by atoms with Gasteiger partial charge in [-0.05, 0) is 71.3 Å². The largest absolute Gasteiger partial charge is 0.206 e. The molecule has 0 heterocycles. The Kier molecular flexibility index (Phi) is 6.34. The van der Waals surface area contributed by atoms with E-state index >= 15 is 0 Å². The Morgan fingerprint density at radius 2 is 1.00 bits per heavy atom. The van der Waals surface area contributed by atoms with E-state index in [0.717, 1.165) is 36.4 Å². The van der Waals surface area contributed by atoms with Crippen LogP contribution in [0, 0.1) is 58.6 Å². The summed E-state index contributed by atoms with van der Waals surface area (Å²) in [6.45, 7) is 1.75. The van der Waals surface area contributed by atoms with Crippen LogP contribution in [0.5, 0.6) is 0 Å². The first kappa shape index (κ1) is 23.0. The van der Waals surface area contributed by atoms with Crippen molar-refractivity contribution >= 4 is 10.8 Å². The standard InChI is InChI=1S/C28H14F6/c1-2-16-10-23(29)22(24(30)11-16)8-5-18-12-25(31)21(26(32)13-18)7-4-17-3-6-19-14-27(33)28(34)15-20(19)9-17/h3,6,9-15H,2H2,1H3. The first-order chi connectivity index (χ1) is 16.2. The van der Waals surface area contributed by atoms with Crippen LogP contribution in [0.3, 0.4) is 0 Å². The molecule has 0 aliphatic carbocycles. The number of halogens is 6. The molecule has 0 radical (unpaired) electrons. The van der Waals surface area contributed by atoms with Crippen molar-refractivity contribution < 1.29 is 26.3 Å². The van der Waals surface area contributed by atoms with Crippen molar-refractivity contribution in [2.75, 3.05) is 0 Å². The molecule has 0 amide bonds. The first-order valence-corrected chi connectivity index (χ1v) is 10.1. The average Bonchev–Trinajstić information content (AvgIpc) is 2.78. The van der Waals surface area contributed by atoms with Gasteiger partial charge in [-0.2, -0.15) is 0 Å². The smallest absolute Gasteiger partial charge is 0.159 e. The van der Waals surface area contributed by atoms with Crippen LogP contribution in [0.25, 0.3) is 10.8 Å². The van der Waals surface area contributed by atoms with Gasteiger partial charge in [-0.1, -0.05) is 36.7 Å². The lowest BCUT2D eigenvalue weighted by Gasteiger charge is -2.02. The lowest BCUT2D eigenvalue weighted by Crippen LogP contribution is -1.95. The minimum absolute atomic E-state index is 0.123. The summed E-state index contributed by atoms with van der Waals surface area (Å²) in [7, 11) is 0. The van der Waals surface area contributed by atoms with Crippen LogP contribution >= 0.6 is 0 Å². The molecule has 0 atom stereocenters. The fraction of sp³-hybridized carbons (Fsp3) is 0.0714. The van der Waals surface area contributed by atoms with Gasteiger partial charge in [0.1, 0.15) is 23.3 Å². The van der Waals surface area contributed by atoms with Crippen molar-refractivity contribution in [3.63, 3.8) is 0 Å². The maximum atomic E-state index is 14.5. The molecule has 0 aliphatic heterocycles. The first-order valence-electron chi connectivity index (χ1n) is 10.1. The summed E-state index contributed by atoms with van der Waals surface area (Å²) in [6.07, 6.45) is 0.440. The third-order valence-corrected chi connectivity index (χ3v) is 5.10. The molecular weight excluding hydrogens is 450 g/mol. The van der Waals surface area contributed by atoms with Crippen LogP contribution in [0.15, 0.2) is 54.6 Å². The zero-order chi connectivity index (χ0) is 24.4. The predicted molar refractivity (Wildman–Crippen MR) is 118 cm³/mol. The number of aryl methyl sites for hydroxylation is 1. The highest BCUT2D eigenvalue weighted by atomic mass is 19.2. The Labute approximate surface area is 191 Å². The highest BCUT2D eigenvalue weighted by Gasteiger charge is 2.11. The monoisotopic (exact) mass is 464 g/mol. The quantitative estimate of drug-likeness (QED) is 0.209. The summed E-state index contributed by atoms with van der Waals surface area (Å²) in [5.41, 5.74) is -0.343. The molecule has 0 saturated heterocycles. The number of rotatable bonds is 1. The van der Waals surface area contributed by atoms with E-state index in [-0.39, 0.29) is 5.56 Å². The molecule has 0 fully saturated rings. The zero-order valence-electron chi connectivity index (χ0n) is 17.7. The second-order valence-electron chi connectivity index (χ2n) is 7.43. The van der Waals surface area contributed by atoms with E-state index in [4.69, 9.17) is 0 Å². The van der Waals surface area contributed by atoms with Crippen LogP contribution in [0.1, 0.15) is 34.7 Å². The van der Waals surface area contributed by atoms with E-state index < -0.39 is 46.0 Å². The van der Waals surface area contributed by atoms with Crippen molar-refractivity contribution in [3.8, 4) is 23.7 Å². The average molecular weight is 464 g/mol. The number of fused-ring (bicyclic) bond motifs is 1. The van der Waals surface area contributed by atoms with Crippen molar-refractivity contribution in [2.45, 2.75) is 13.3 Å². The number of hydrogen-bond acceptors (Lipinski definition) is 0. The van der Waals surface area contributed by atoms with Crippen molar-refractivity contribution in [1.82, 2.24) is 0 Å². The second kappa shape index (κ2) is 9.37. The van der Waals surface area contributed by atoms with Gasteiger partial charge in [-0.25, -0.2) is 26.3 Å². The van der Waals surface area contributed by atoms with E-state index in [1.165, 1.54) is 18.2 Å². The Balaban J connectivity index is 1.65. The summed E-state index contributed by atoms with van der Waals surface area (Å²) in [5, 5.41) is 0.825. The molecule has 34 heavy (non-hydrogen) atoms. The highest BCUT2D eigenvalue weighted by Crippen LogP contribution is 2.21. The summed E-state index contributed by atoms with van der Waals surface area (Å²) in [4.78, 5) is 0. The van der Waals surface area contributed by atoms with Gasteiger partial charge in [0.15, 0.2) is 11.6 Å². The van der Waals surface area contributed by atoms with E-state index in [9.17, 15) is 26.3 Å². The molecule has 0 bridgehead atoms. The Morgan fingerprint density at radius 3 is 1.56 bits per heavy atom. The van der Waals surface area contributed by atoms with Gasteiger partial charge in [0.2, 0.25) is 0 Å². The molecule has 0 saturated carbocycles. The van der Waals surface area contributed by atoms with Crippen LogP contribution in [0.2, 0.25) is 0 Å². The lowest BCUT2D eigenvalue weighted by atomic mass is 10.1. The Bertz CT molecular complexity index is 1520. The van der Waals surface area contributed by atoms with E-state index in [1.807, 2.05) is 0 Å². The van der Waals surface area contributed by atoms with Crippen molar-refractivity contribution in [3.05, 3.63) is 117 Å². The molecule has 0 aliphatic rings. The van der Waals surface area contributed by atoms with Crippen LogP contribution in [0.4, 0.5) is 26.3 Å². The normalized spacial score (nSPS) is 10.4. The fourth-order valence-corrected chi connectivity index (χ4v) is 3.30. The highest BCUT2D eigenvalue weighted by molar-refractivity contribution is 5.84. The molecule has 0 N–H and O–H groups in total. The van der Waals surface area contributed by atoms with E-state index in [2.05, 4.69) is 23.7 Å². The van der Waals surface area contributed by atoms with Gasteiger partial charge >= 0.3 is 0 Å². The van der Waals surface area contributed by atoms with Gasteiger partial charge in [-0.3, -0.25) is 0 Å². The molecule has 0 spiro atoms. The molecule has 0 aromatic heterocycles. The Hall–Kier alpha value is -4.16. The van der Waals surface area contributed by atoms with Gasteiger partial charge in [0, 0.05) is 11.1 Å². The zero-order valence-corrected chi connectivity index (χ0v) is 17.7. The predicted octanol–water partition coefficient (Wildman–Crippen LogP) is 7.04. The summed E-state index contributed by atoms with van der Waals surface area (Å²) < 4.78 is 83.9. The van der Waals surface area contributed by atoms with Crippen molar-refractivity contribution in [2.24, 2.45) is 0 Å². The second-order valence-corrected chi connectivity index (χ2v) is 7.43. The van der Waals surface area contributed by atoms with Gasteiger partial charge in [-0.15, -0.1) is 0 Å². The molecule has 4 aromatic rings. The van der Waals surface area contributed by atoms with Crippen LogP contribution in [-0.2, 0) is 6.42 Å². The van der Waals surface area contributed by atoms with Gasteiger partial charge in [0.05, 0.1) is 11.1 Å². The van der Waals surface area contributed by atoms with E-state index in [1.54, 1.807) is 6.92 Å². The lowest BCUT2D eigenvalue weighted by molar-refractivity contribution is 0.511. The number of benzene rings is 4. The van der Waals surface area contributed by atoms with E-state index in [0.29, 0.717) is 28.3 Å². The summed E-state index contributed by atoms with van der Waals surface area (Å²) in [5.74, 6) is 3.89. The molecular formula is C28H14F6. The number of hydrogen-bond donors (Lipinski definition) is 0. The van der Waals surface area contributed by atoms with Gasteiger partial charge < -0.3 is 0 Å². The molecule has 4 rings (SSSR count). The molecule has 6 heteroatoms. The Morgan fingerprint density at radius 1 is 0.500 bits per heavy atom. The minimum atomic E-state index is -1.02. The summed E-state index contributed by atoms with van der Waals surface area (Å²) >= 11 is 0. The maximum absolute atomic E-state index is 14.5. The molecule has 0 unspecified atom stereocenters. The van der Waals surface area contributed by atoms with Crippen LogP contribution in [-0.4, -0.2) is 0 Å². The fourth-order valence-electron chi connectivity index (χ4n) is 3.30. The third-order valence-electron chi connectivity index (χ3n) is 5.10. The van der Waals surface area contributed by atoms with Crippen LogP contribution < -0.4 is 0 Å². The van der Waals surface area contributed by atoms with Gasteiger partial charge in [0.25, 0.3) is 0 Å². The minimum Gasteiger partial charge on any atom is -0.206 e. The molecule has 0 nitrogen and oxygen atoms in total. The molecule has 4 aromatic carbocycles. The topological polar surface area (TPSA) is 0 Å². The third kappa shape index (κ3) is 4.77. The summed E-state index contributed by atoms with van der Waals surface area (Å²) in [6, 6.07) is 10.7. The SMILES string of the molecule is CCc1cc(F)c(C#Cc2cc(F)c(C#Cc3ccc4cc(F)c(F)cc4c3)c(F)c2)c(F)c1. The van der Waals surface area contributed by atoms with Crippen molar-refractivity contribution in [1.29, 1.82) is 0 Å².